The smallest absolute Gasteiger partial charge is 0.209 e. The van der Waals surface area contributed by atoms with Gasteiger partial charge in [0, 0.05) is 12.5 Å². The van der Waals surface area contributed by atoms with E-state index in [2.05, 4.69) is 18.2 Å². The number of piperidine rings is 1. The van der Waals surface area contributed by atoms with Gasteiger partial charge in [-0.2, -0.15) is 0 Å². The topological polar surface area (TPSA) is 29.1 Å². The lowest BCUT2D eigenvalue weighted by atomic mass is 9.89. The number of nitrogens with one attached hydrogen (secondary N) is 1. The van der Waals surface area contributed by atoms with Gasteiger partial charge < -0.3 is 5.32 Å². The maximum Gasteiger partial charge on any atom is 0.209 e. The molecule has 1 heterocycles. The van der Waals surface area contributed by atoms with Gasteiger partial charge in [0.25, 0.3) is 0 Å². The molecule has 2 atom stereocenters. The Morgan fingerprint density at radius 2 is 2.36 bits per heavy atom. The lowest BCUT2D eigenvalue weighted by Crippen LogP contribution is -2.38. The molecule has 0 aromatic heterocycles. The molecule has 2 unspecified atom stereocenters. The van der Waals surface area contributed by atoms with Crippen molar-refractivity contribution >= 4 is 5.78 Å². The molecule has 0 aromatic rings. The van der Waals surface area contributed by atoms with Crippen LogP contribution in [0.25, 0.3) is 0 Å². The minimum Gasteiger partial charge on any atom is -0.316 e. The van der Waals surface area contributed by atoms with Gasteiger partial charge in [0.1, 0.15) is 0 Å². The summed E-state index contributed by atoms with van der Waals surface area (Å²) in [7, 11) is 0. The Morgan fingerprint density at radius 1 is 1.64 bits per heavy atom. The van der Waals surface area contributed by atoms with Crippen LogP contribution in [0.4, 0.5) is 0 Å². The number of carbonyl (C=O) groups is 1. The first-order valence-electron chi connectivity index (χ1n) is 3.95. The molecule has 1 aliphatic heterocycles. The molecule has 0 aromatic carbocycles. The molecule has 0 spiro atoms. The summed E-state index contributed by atoms with van der Waals surface area (Å²) in [5.41, 5.74) is 0. The third-order valence-corrected chi connectivity index (χ3v) is 2.08. The van der Waals surface area contributed by atoms with Crippen molar-refractivity contribution in [2.75, 3.05) is 13.1 Å². The van der Waals surface area contributed by atoms with E-state index in [0.29, 0.717) is 5.92 Å². The number of hydrogen-bond donors (Lipinski definition) is 1. The van der Waals surface area contributed by atoms with E-state index in [4.69, 9.17) is 6.42 Å². The summed E-state index contributed by atoms with van der Waals surface area (Å²) in [4.78, 5) is 11.0. The van der Waals surface area contributed by atoms with Crippen molar-refractivity contribution in [1.29, 1.82) is 0 Å². The van der Waals surface area contributed by atoms with Crippen molar-refractivity contribution in [3.8, 4) is 12.3 Å². The van der Waals surface area contributed by atoms with Crippen molar-refractivity contribution in [2.24, 2.45) is 11.8 Å². The van der Waals surface area contributed by atoms with Crippen molar-refractivity contribution in [3.05, 3.63) is 0 Å². The zero-order chi connectivity index (χ0) is 8.27. The average Bonchev–Trinajstić information content (AvgIpc) is 2.03. The summed E-state index contributed by atoms with van der Waals surface area (Å²) in [6, 6.07) is 0. The van der Waals surface area contributed by atoms with E-state index in [1.54, 1.807) is 0 Å². The number of terminal acetylenes is 1. The molecule has 2 heteroatoms. The molecule has 1 fully saturated rings. The first kappa shape index (κ1) is 8.29. The van der Waals surface area contributed by atoms with Gasteiger partial charge in [-0.3, -0.25) is 4.79 Å². The Morgan fingerprint density at radius 3 is 2.91 bits per heavy atom. The second-order valence-electron chi connectivity index (χ2n) is 3.20. The molecule has 0 bridgehead atoms. The summed E-state index contributed by atoms with van der Waals surface area (Å²) >= 11 is 0. The minimum absolute atomic E-state index is 0.0518. The fourth-order valence-electron chi connectivity index (χ4n) is 1.47. The van der Waals surface area contributed by atoms with Gasteiger partial charge >= 0.3 is 0 Å². The summed E-state index contributed by atoms with van der Waals surface area (Å²) in [6.07, 6.45) is 5.96. The number of carbonyl (C=O) groups excluding carboxylic acids is 1. The largest absolute Gasteiger partial charge is 0.316 e. The van der Waals surface area contributed by atoms with Crippen LogP contribution in [0.1, 0.15) is 13.3 Å². The summed E-state index contributed by atoms with van der Waals surface area (Å²) in [5, 5.41) is 3.18. The van der Waals surface area contributed by atoms with Crippen LogP contribution < -0.4 is 5.32 Å². The highest BCUT2D eigenvalue weighted by Gasteiger charge is 2.22. The van der Waals surface area contributed by atoms with Gasteiger partial charge in [-0.15, -0.1) is 6.42 Å². The van der Waals surface area contributed by atoms with Crippen molar-refractivity contribution in [3.63, 3.8) is 0 Å². The molecular weight excluding hydrogens is 138 g/mol. The first-order valence-corrected chi connectivity index (χ1v) is 3.95. The molecule has 1 N–H and O–H groups in total. The fourth-order valence-corrected chi connectivity index (χ4v) is 1.47. The Balaban J connectivity index is 2.47. The molecule has 0 amide bonds. The van der Waals surface area contributed by atoms with E-state index in [0.717, 1.165) is 19.5 Å². The third-order valence-electron chi connectivity index (χ3n) is 2.08. The van der Waals surface area contributed by atoms with Crippen LogP contribution in [0.2, 0.25) is 0 Å². The molecule has 60 valence electrons. The van der Waals surface area contributed by atoms with Crippen LogP contribution in [0.3, 0.4) is 0 Å². The van der Waals surface area contributed by atoms with E-state index in [1.165, 1.54) is 0 Å². The number of hydrogen-bond acceptors (Lipinski definition) is 2. The maximum absolute atomic E-state index is 11.0. The van der Waals surface area contributed by atoms with Crippen molar-refractivity contribution < 1.29 is 4.79 Å². The second kappa shape index (κ2) is 3.54. The van der Waals surface area contributed by atoms with E-state index < -0.39 is 0 Å². The average molecular weight is 151 g/mol. The lowest BCUT2D eigenvalue weighted by Gasteiger charge is -2.24. The molecule has 1 saturated heterocycles. The Hall–Kier alpha value is -0.810. The normalized spacial score (nSPS) is 30.9. The fraction of sp³-hybridized carbons (Fsp3) is 0.667. The van der Waals surface area contributed by atoms with Gasteiger partial charge in [-0.25, -0.2) is 0 Å². The second-order valence-corrected chi connectivity index (χ2v) is 3.20. The zero-order valence-corrected chi connectivity index (χ0v) is 6.76. The van der Waals surface area contributed by atoms with Gasteiger partial charge in [-0.05, 0) is 24.8 Å². The lowest BCUT2D eigenvalue weighted by molar-refractivity contribution is -0.118. The van der Waals surface area contributed by atoms with Crippen molar-refractivity contribution in [1.82, 2.24) is 5.32 Å². The highest BCUT2D eigenvalue weighted by Crippen LogP contribution is 2.15. The molecule has 11 heavy (non-hydrogen) atoms. The summed E-state index contributed by atoms with van der Waals surface area (Å²) in [5.74, 6) is 2.76. The van der Waals surface area contributed by atoms with Crippen LogP contribution in [0.5, 0.6) is 0 Å². The first-order chi connectivity index (χ1) is 5.24. The number of rotatable bonds is 1. The highest BCUT2D eigenvalue weighted by atomic mass is 16.1. The third kappa shape index (κ3) is 2.06. The van der Waals surface area contributed by atoms with E-state index in [-0.39, 0.29) is 11.7 Å². The van der Waals surface area contributed by atoms with Crippen molar-refractivity contribution in [2.45, 2.75) is 13.3 Å². The Kier molecular flexibility index (Phi) is 2.67. The molecule has 0 radical (unpaired) electrons. The predicted octanol–water partition coefficient (Wildman–Crippen LogP) is 0.434. The zero-order valence-electron chi connectivity index (χ0n) is 6.76. The van der Waals surface area contributed by atoms with Crippen LogP contribution in [-0.4, -0.2) is 18.9 Å². The molecule has 0 saturated carbocycles. The van der Waals surface area contributed by atoms with Gasteiger partial charge in [0.2, 0.25) is 5.78 Å². The van der Waals surface area contributed by atoms with Crippen LogP contribution in [0.15, 0.2) is 0 Å². The Labute approximate surface area is 67.4 Å². The Bertz CT molecular complexity index is 192. The van der Waals surface area contributed by atoms with Gasteiger partial charge in [0.15, 0.2) is 0 Å². The molecule has 1 rings (SSSR count). The van der Waals surface area contributed by atoms with E-state index in [9.17, 15) is 4.79 Å². The predicted molar refractivity (Wildman–Crippen MR) is 44.0 cm³/mol. The van der Waals surface area contributed by atoms with E-state index in [1.807, 2.05) is 0 Å². The SMILES string of the molecule is C#CC(=O)C1CNCC(C)C1. The van der Waals surface area contributed by atoms with Crippen LogP contribution in [0, 0.1) is 24.2 Å². The molecule has 2 nitrogen and oxygen atoms in total. The molecule has 0 aliphatic carbocycles. The maximum atomic E-state index is 11.0. The quantitative estimate of drug-likeness (QED) is 0.435. The number of Topliss-reactive ketones (excluding diaryl/α,β-unsaturated/α-hetero) is 1. The molecule has 1 aliphatic rings. The highest BCUT2D eigenvalue weighted by molar-refractivity contribution is 5.96. The van der Waals surface area contributed by atoms with Crippen LogP contribution in [-0.2, 0) is 4.79 Å². The van der Waals surface area contributed by atoms with Gasteiger partial charge in [-0.1, -0.05) is 6.92 Å². The van der Waals surface area contributed by atoms with E-state index >= 15 is 0 Å². The molecular formula is C9H13NO. The van der Waals surface area contributed by atoms with Crippen LogP contribution >= 0.6 is 0 Å². The number of ketones is 1. The van der Waals surface area contributed by atoms with Gasteiger partial charge in [0.05, 0.1) is 0 Å². The standard InChI is InChI=1S/C9H13NO/c1-3-9(11)8-4-7(2)5-10-6-8/h1,7-8,10H,4-6H2,2H3. The minimum atomic E-state index is -0.0518. The summed E-state index contributed by atoms with van der Waals surface area (Å²) < 4.78 is 0. The monoisotopic (exact) mass is 151 g/mol. The summed E-state index contributed by atoms with van der Waals surface area (Å²) in [6.45, 7) is 3.89.